The maximum Gasteiger partial charge on any atom is 0.143 e. The van der Waals surface area contributed by atoms with Crippen LogP contribution in [0.15, 0.2) is 205 Å². The van der Waals surface area contributed by atoms with Crippen LogP contribution >= 0.6 is 0 Å². The first kappa shape index (κ1) is 26.0. The lowest BCUT2D eigenvalue weighted by atomic mass is 9.97. The van der Waals surface area contributed by atoms with E-state index in [9.17, 15) is 5.48 Å². The molecule has 10 aromatic rings. The van der Waals surface area contributed by atoms with Crippen molar-refractivity contribution in [3.8, 4) is 33.4 Å². The Morgan fingerprint density at radius 1 is 0.385 bits per heavy atom. The first-order chi connectivity index (χ1) is 27.4. The molecule has 2 nitrogen and oxygen atoms in total. The Morgan fingerprint density at radius 2 is 1.00 bits per heavy atom. The standard InChI is InChI=1S/C50H33NO/c1-2-10-34(11-3-1)36-22-27-43(28-23-36)51(47-18-9-19-48-49(47)46-31-26-38-13-6-7-17-45(38)50(46)52-48)44-29-24-37(25-30-44)40-15-8-16-41(32-40)42-21-20-35-12-4-5-14-39(35)33-42/h1-33H/i22D,23D,27D,28D. The predicted molar refractivity (Wildman–Crippen MR) is 220 cm³/mol. The molecule has 0 atom stereocenters. The first-order valence-electron chi connectivity index (χ1n) is 19.4. The fourth-order valence-electron chi connectivity index (χ4n) is 7.33. The van der Waals surface area contributed by atoms with Crippen LogP contribution in [0.3, 0.4) is 0 Å². The fraction of sp³-hybridized carbons (Fsp3) is 0. The van der Waals surface area contributed by atoms with Crippen LogP contribution in [0.4, 0.5) is 17.1 Å². The third-order valence-corrected chi connectivity index (χ3v) is 9.91. The van der Waals surface area contributed by atoms with Crippen LogP contribution < -0.4 is 4.90 Å². The fourth-order valence-corrected chi connectivity index (χ4v) is 7.33. The summed E-state index contributed by atoms with van der Waals surface area (Å²) in [4.78, 5) is 1.86. The molecule has 0 saturated carbocycles. The van der Waals surface area contributed by atoms with Gasteiger partial charge in [-0.2, -0.15) is 0 Å². The second-order valence-electron chi connectivity index (χ2n) is 13.0. The second-order valence-corrected chi connectivity index (χ2v) is 13.0. The summed E-state index contributed by atoms with van der Waals surface area (Å²) in [7, 11) is 0. The largest absolute Gasteiger partial charge is 0.455 e. The van der Waals surface area contributed by atoms with Crippen LogP contribution in [0, 0.1) is 0 Å². The van der Waals surface area contributed by atoms with E-state index in [4.69, 9.17) is 4.42 Å². The van der Waals surface area contributed by atoms with Crippen molar-refractivity contribution in [1.29, 1.82) is 0 Å². The second kappa shape index (κ2) is 12.5. The Labute approximate surface area is 308 Å². The van der Waals surface area contributed by atoms with E-state index in [-0.39, 0.29) is 35.4 Å². The van der Waals surface area contributed by atoms with Crippen LogP contribution in [-0.2, 0) is 0 Å². The molecule has 0 aliphatic rings. The minimum Gasteiger partial charge on any atom is -0.455 e. The summed E-state index contributed by atoms with van der Waals surface area (Å²) in [6.45, 7) is 0. The van der Waals surface area contributed by atoms with Crippen molar-refractivity contribution >= 4 is 60.5 Å². The number of fused-ring (bicyclic) bond motifs is 6. The Hall–Kier alpha value is -6.90. The third kappa shape index (κ3) is 5.21. The number of rotatable bonds is 6. The van der Waals surface area contributed by atoms with E-state index < -0.39 is 0 Å². The molecule has 0 aliphatic heterocycles. The average Bonchev–Trinajstić information content (AvgIpc) is 3.65. The summed E-state index contributed by atoms with van der Waals surface area (Å²) in [6.07, 6.45) is 0. The molecule has 0 amide bonds. The van der Waals surface area contributed by atoms with Crippen molar-refractivity contribution in [3.05, 3.63) is 200 Å². The lowest BCUT2D eigenvalue weighted by molar-refractivity contribution is 0.672. The molecule has 0 spiro atoms. The minimum absolute atomic E-state index is 0.102. The Morgan fingerprint density at radius 3 is 1.83 bits per heavy atom. The zero-order valence-electron chi connectivity index (χ0n) is 32.1. The highest BCUT2D eigenvalue weighted by molar-refractivity contribution is 6.19. The van der Waals surface area contributed by atoms with Crippen molar-refractivity contribution in [2.75, 3.05) is 4.90 Å². The molecule has 0 radical (unpaired) electrons. The normalized spacial score (nSPS) is 12.5. The number of hydrogen-bond acceptors (Lipinski definition) is 2. The SMILES string of the molecule is [2H]c1c([2H])c(N(c2ccc(-c3cccc(-c4ccc5ccccc5c4)c3)cc2)c2cccc3oc4c5ccccc5ccc4c23)c([2H])c([2H])c1-c1ccccc1. The van der Waals surface area contributed by atoms with Gasteiger partial charge in [0.25, 0.3) is 0 Å². The molecule has 0 saturated heterocycles. The van der Waals surface area contributed by atoms with E-state index in [1.807, 2.05) is 77.7 Å². The maximum atomic E-state index is 9.47. The number of benzene rings is 9. The Kier molecular flexibility index (Phi) is 6.22. The number of furan rings is 1. The van der Waals surface area contributed by atoms with Gasteiger partial charge < -0.3 is 9.32 Å². The molecule has 0 bridgehead atoms. The van der Waals surface area contributed by atoms with Gasteiger partial charge in [-0.15, -0.1) is 0 Å². The Balaban J connectivity index is 1.16. The van der Waals surface area contributed by atoms with Crippen molar-refractivity contribution in [1.82, 2.24) is 0 Å². The molecule has 10 rings (SSSR count). The molecular weight excluding hydrogens is 631 g/mol. The van der Waals surface area contributed by atoms with Crippen molar-refractivity contribution in [3.63, 3.8) is 0 Å². The monoisotopic (exact) mass is 667 g/mol. The molecule has 52 heavy (non-hydrogen) atoms. The highest BCUT2D eigenvalue weighted by atomic mass is 16.3. The quantitative estimate of drug-likeness (QED) is 0.175. The van der Waals surface area contributed by atoms with Crippen LogP contribution in [0.25, 0.3) is 76.9 Å². The summed E-state index contributed by atoms with van der Waals surface area (Å²) in [6, 6.07) is 58.3. The molecule has 0 N–H and O–H groups in total. The molecular formula is C50H33NO. The molecule has 1 aromatic heterocycles. The van der Waals surface area contributed by atoms with Gasteiger partial charge in [-0.05, 0) is 104 Å². The van der Waals surface area contributed by atoms with Gasteiger partial charge in [-0.25, -0.2) is 0 Å². The third-order valence-electron chi connectivity index (χ3n) is 9.91. The summed E-state index contributed by atoms with van der Waals surface area (Å²) < 4.78 is 44.0. The van der Waals surface area contributed by atoms with Crippen molar-refractivity contribution < 1.29 is 9.90 Å². The highest BCUT2D eigenvalue weighted by Crippen LogP contribution is 2.45. The minimum atomic E-state index is -0.132. The smallest absolute Gasteiger partial charge is 0.143 e. The molecule has 0 aliphatic carbocycles. The van der Waals surface area contributed by atoms with Gasteiger partial charge in [0, 0.05) is 22.1 Å². The zero-order chi connectivity index (χ0) is 37.9. The van der Waals surface area contributed by atoms with Crippen LogP contribution in [0.1, 0.15) is 5.48 Å². The number of hydrogen-bond donors (Lipinski definition) is 0. The lowest BCUT2D eigenvalue weighted by Gasteiger charge is -2.26. The van der Waals surface area contributed by atoms with E-state index >= 15 is 0 Å². The zero-order valence-corrected chi connectivity index (χ0v) is 28.1. The highest BCUT2D eigenvalue weighted by Gasteiger charge is 2.20. The molecule has 244 valence electrons. The topological polar surface area (TPSA) is 16.4 Å². The van der Waals surface area contributed by atoms with Gasteiger partial charge in [-0.3, -0.25) is 0 Å². The van der Waals surface area contributed by atoms with Gasteiger partial charge in [0.05, 0.1) is 16.6 Å². The van der Waals surface area contributed by atoms with Crippen molar-refractivity contribution in [2.45, 2.75) is 0 Å². The van der Waals surface area contributed by atoms with E-state index in [1.54, 1.807) is 0 Å². The first-order valence-corrected chi connectivity index (χ1v) is 17.4. The molecule has 0 fully saturated rings. The maximum absolute atomic E-state index is 9.47. The summed E-state index contributed by atoms with van der Waals surface area (Å²) in [5.74, 6) is 0. The van der Waals surface area contributed by atoms with Gasteiger partial charge >= 0.3 is 0 Å². The van der Waals surface area contributed by atoms with Crippen LogP contribution in [-0.4, -0.2) is 0 Å². The Bertz CT molecular complexity index is 3110. The van der Waals surface area contributed by atoms with E-state index in [0.717, 1.165) is 49.4 Å². The van der Waals surface area contributed by atoms with E-state index in [2.05, 4.69) is 103 Å². The average molecular weight is 668 g/mol. The van der Waals surface area contributed by atoms with E-state index in [1.165, 1.54) is 10.8 Å². The summed E-state index contributed by atoms with van der Waals surface area (Å²) >= 11 is 0. The number of nitrogens with zero attached hydrogens (tertiary/aromatic N) is 1. The van der Waals surface area contributed by atoms with E-state index in [0.29, 0.717) is 22.5 Å². The summed E-state index contributed by atoms with van der Waals surface area (Å²) in [5.41, 5.74) is 8.18. The van der Waals surface area contributed by atoms with Crippen molar-refractivity contribution in [2.24, 2.45) is 0 Å². The van der Waals surface area contributed by atoms with Gasteiger partial charge in [0.2, 0.25) is 0 Å². The molecule has 2 heteroatoms. The van der Waals surface area contributed by atoms with Crippen LogP contribution in [0.5, 0.6) is 0 Å². The number of anilines is 3. The van der Waals surface area contributed by atoms with Gasteiger partial charge in [0.1, 0.15) is 11.2 Å². The summed E-state index contributed by atoms with van der Waals surface area (Å²) in [5, 5.41) is 6.18. The van der Waals surface area contributed by atoms with Gasteiger partial charge in [-0.1, -0.05) is 146 Å². The molecule has 9 aromatic carbocycles. The lowest BCUT2D eigenvalue weighted by Crippen LogP contribution is -2.10. The van der Waals surface area contributed by atoms with Crippen LogP contribution in [0.2, 0.25) is 0 Å². The predicted octanol–water partition coefficient (Wildman–Crippen LogP) is 14.4. The molecule has 0 unspecified atom stereocenters. The van der Waals surface area contributed by atoms with Gasteiger partial charge in [0.15, 0.2) is 0 Å². The molecule has 1 heterocycles.